The van der Waals surface area contributed by atoms with E-state index < -0.39 is 0 Å². The molecule has 0 aliphatic carbocycles. The monoisotopic (exact) mass is 313 g/mol. The number of likely N-dealkylation sites (N-methyl/N-ethyl adjacent to an activating group) is 1. The summed E-state index contributed by atoms with van der Waals surface area (Å²) >= 11 is 1.90. The highest BCUT2D eigenvalue weighted by molar-refractivity contribution is 7.99. The quantitative estimate of drug-likeness (QED) is 0.821. The standard InChI is InChI=1S/C15H27N3O2S/c1-3-17(4-2)15(20)13-6-5-8-18(13)14(19)10-12-11-21-9-7-16-12/h12-13,16H,3-11H2,1-2H3. The molecule has 2 fully saturated rings. The largest absolute Gasteiger partial charge is 0.341 e. The van der Waals surface area contributed by atoms with E-state index in [2.05, 4.69) is 5.32 Å². The molecular formula is C15H27N3O2S. The summed E-state index contributed by atoms with van der Waals surface area (Å²) < 4.78 is 0. The van der Waals surface area contributed by atoms with Crippen LogP contribution >= 0.6 is 11.8 Å². The van der Waals surface area contributed by atoms with Crippen molar-refractivity contribution in [2.45, 2.75) is 45.2 Å². The number of hydrogen-bond acceptors (Lipinski definition) is 4. The Kier molecular flexibility index (Phi) is 6.36. The summed E-state index contributed by atoms with van der Waals surface area (Å²) in [6.07, 6.45) is 2.28. The molecule has 120 valence electrons. The highest BCUT2D eigenvalue weighted by Crippen LogP contribution is 2.22. The first-order valence-electron chi connectivity index (χ1n) is 8.06. The zero-order valence-corrected chi connectivity index (χ0v) is 14.0. The first-order chi connectivity index (χ1) is 10.2. The molecule has 2 unspecified atom stereocenters. The van der Waals surface area contributed by atoms with Crippen molar-refractivity contribution in [3.05, 3.63) is 0 Å². The normalized spacial score (nSPS) is 25.9. The first-order valence-corrected chi connectivity index (χ1v) is 9.22. The third-order valence-corrected chi connectivity index (χ3v) is 5.48. The molecule has 2 aliphatic heterocycles. The molecule has 2 aliphatic rings. The van der Waals surface area contributed by atoms with Gasteiger partial charge in [0.1, 0.15) is 6.04 Å². The fourth-order valence-corrected chi connectivity index (χ4v) is 4.10. The van der Waals surface area contributed by atoms with Crippen LogP contribution in [0.2, 0.25) is 0 Å². The molecule has 6 heteroatoms. The van der Waals surface area contributed by atoms with Gasteiger partial charge in [-0.15, -0.1) is 0 Å². The summed E-state index contributed by atoms with van der Waals surface area (Å²) in [7, 11) is 0. The molecular weight excluding hydrogens is 286 g/mol. The highest BCUT2D eigenvalue weighted by atomic mass is 32.2. The van der Waals surface area contributed by atoms with E-state index in [1.165, 1.54) is 0 Å². The molecule has 2 atom stereocenters. The van der Waals surface area contributed by atoms with Gasteiger partial charge in [0.05, 0.1) is 0 Å². The summed E-state index contributed by atoms with van der Waals surface area (Å²) in [5.41, 5.74) is 0. The number of amides is 2. The van der Waals surface area contributed by atoms with Crippen LogP contribution in [-0.2, 0) is 9.59 Å². The lowest BCUT2D eigenvalue weighted by molar-refractivity contribution is -0.143. The Morgan fingerprint density at radius 3 is 2.71 bits per heavy atom. The molecule has 2 saturated heterocycles. The molecule has 1 N–H and O–H groups in total. The summed E-state index contributed by atoms with van der Waals surface area (Å²) in [5.74, 6) is 2.38. The predicted octanol–water partition coefficient (Wildman–Crippen LogP) is 0.941. The van der Waals surface area contributed by atoms with Gasteiger partial charge >= 0.3 is 0 Å². The molecule has 2 amide bonds. The number of nitrogens with one attached hydrogen (secondary N) is 1. The predicted molar refractivity (Wildman–Crippen MR) is 86.4 cm³/mol. The zero-order valence-electron chi connectivity index (χ0n) is 13.1. The van der Waals surface area contributed by atoms with E-state index in [-0.39, 0.29) is 23.9 Å². The van der Waals surface area contributed by atoms with Crippen molar-refractivity contribution in [1.29, 1.82) is 0 Å². The molecule has 5 nitrogen and oxygen atoms in total. The summed E-state index contributed by atoms with van der Waals surface area (Å²) in [5, 5.41) is 3.40. The summed E-state index contributed by atoms with van der Waals surface area (Å²) in [6.45, 7) is 7.13. The van der Waals surface area contributed by atoms with Crippen molar-refractivity contribution in [1.82, 2.24) is 15.1 Å². The number of carbonyl (C=O) groups is 2. The molecule has 0 saturated carbocycles. The van der Waals surface area contributed by atoms with Crippen LogP contribution in [0.1, 0.15) is 33.1 Å². The Bertz CT molecular complexity index is 368. The second kappa shape index (κ2) is 8.03. The van der Waals surface area contributed by atoms with Gasteiger partial charge in [-0.2, -0.15) is 11.8 Å². The fraction of sp³-hybridized carbons (Fsp3) is 0.867. The zero-order chi connectivity index (χ0) is 15.2. The van der Waals surface area contributed by atoms with Gasteiger partial charge in [0.25, 0.3) is 0 Å². The van der Waals surface area contributed by atoms with Crippen molar-refractivity contribution in [2.75, 3.05) is 37.7 Å². The molecule has 21 heavy (non-hydrogen) atoms. The molecule has 0 aromatic rings. The molecule has 2 rings (SSSR count). The number of likely N-dealkylation sites (tertiary alicyclic amines) is 1. The van der Waals surface area contributed by atoms with Crippen LogP contribution in [0.15, 0.2) is 0 Å². The van der Waals surface area contributed by atoms with E-state index in [9.17, 15) is 9.59 Å². The van der Waals surface area contributed by atoms with Gasteiger partial charge in [-0.25, -0.2) is 0 Å². The van der Waals surface area contributed by atoms with E-state index >= 15 is 0 Å². The van der Waals surface area contributed by atoms with E-state index in [1.807, 2.05) is 35.4 Å². The van der Waals surface area contributed by atoms with Gasteiger partial charge in [0.2, 0.25) is 11.8 Å². The van der Waals surface area contributed by atoms with Crippen molar-refractivity contribution >= 4 is 23.6 Å². The number of rotatable bonds is 5. The highest BCUT2D eigenvalue weighted by Gasteiger charge is 2.36. The van der Waals surface area contributed by atoms with Crippen LogP contribution in [-0.4, -0.2) is 71.4 Å². The van der Waals surface area contributed by atoms with Crippen LogP contribution in [0.25, 0.3) is 0 Å². The molecule has 0 aromatic heterocycles. The minimum absolute atomic E-state index is 0.122. The van der Waals surface area contributed by atoms with Gasteiger partial charge in [-0.05, 0) is 26.7 Å². The van der Waals surface area contributed by atoms with Crippen molar-refractivity contribution in [2.24, 2.45) is 0 Å². The maximum absolute atomic E-state index is 12.5. The van der Waals surface area contributed by atoms with Crippen molar-refractivity contribution in [3.63, 3.8) is 0 Å². The molecule has 0 spiro atoms. The second-order valence-electron chi connectivity index (χ2n) is 5.69. The Hall–Kier alpha value is -0.750. The topological polar surface area (TPSA) is 52.7 Å². The van der Waals surface area contributed by atoms with E-state index in [0.29, 0.717) is 19.5 Å². The Morgan fingerprint density at radius 1 is 1.33 bits per heavy atom. The van der Waals surface area contributed by atoms with E-state index in [4.69, 9.17) is 0 Å². The molecule has 0 radical (unpaired) electrons. The van der Waals surface area contributed by atoms with Gasteiger partial charge in [-0.1, -0.05) is 0 Å². The van der Waals surface area contributed by atoms with Crippen LogP contribution in [0.5, 0.6) is 0 Å². The Balaban J connectivity index is 1.93. The summed E-state index contributed by atoms with van der Waals surface area (Å²) in [4.78, 5) is 28.7. The van der Waals surface area contributed by atoms with Crippen LogP contribution in [0.4, 0.5) is 0 Å². The maximum Gasteiger partial charge on any atom is 0.245 e. The number of nitrogens with zero attached hydrogens (tertiary/aromatic N) is 2. The molecule has 2 heterocycles. The molecule has 0 aromatic carbocycles. The van der Waals surface area contributed by atoms with Gasteiger partial charge in [-0.3, -0.25) is 9.59 Å². The minimum atomic E-state index is -0.228. The Morgan fingerprint density at radius 2 is 2.10 bits per heavy atom. The Labute approximate surface area is 131 Å². The average molecular weight is 313 g/mol. The third-order valence-electron chi connectivity index (χ3n) is 4.35. The maximum atomic E-state index is 12.5. The summed E-state index contributed by atoms with van der Waals surface area (Å²) in [6, 6.07) is 0.0368. The van der Waals surface area contributed by atoms with Gasteiger partial charge in [0.15, 0.2) is 0 Å². The van der Waals surface area contributed by atoms with Crippen molar-refractivity contribution in [3.8, 4) is 0 Å². The SMILES string of the molecule is CCN(CC)C(=O)C1CCCN1C(=O)CC1CSCCN1. The van der Waals surface area contributed by atoms with Crippen LogP contribution in [0.3, 0.4) is 0 Å². The van der Waals surface area contributed by atoms with Crippen LogP contribution in [0, 0.1) is 0 Å². The lowest BCUT2D eigenvalue weighted by Gasteiger charge is -2.31. The number of thioether (sulfide) groups is 1. The van der Waals surface area contributed by atoms with E-state index in [0.717, 1.165) is 37.4 Å². The lowest BCUT2D eigenvalue weighted by Crippen LogP contribution is -2.49. The third kappa shape index (κ3) is 4.13. The van der Waals surface area contributed by atoms with Crippen molar-refractivity contribution < 1.29 is 9.59 Å². The number of carbonyl (C=O) groups excluding carboxylic acids is 2. The van der Waals surface area contributed by atoms with E-state index in [1.54, 1.807) is 0 Å². The fourth-order valence-electron chi connectivity index (χ4n) is 3.15. The average Bonchev–Trinajstić information content (AvgIpc) is 2.99. The minimum Gasteiger partial charge on any atom is -0.341 e. The van der Waals surface area contributed by atoms with Gasteiger partial charge in [0, 0.05) is 50.1 Å². The smallest absolute Gasteiger partial charge is 0.245 e. The van der Waals surface area contributed by atoms with Crippen LogP contribution < -0.4 is 5.32 Å². The first kappa shape index (κ1) is 16.6. The number of hydrogen-bond donors (Lipinski definition) is 1. The second-order valence-corrected chi connectivity index (χ2v) is 6.84. The van der Waals surface area contributed by atoms with Gasteiger partial charge < -0.3 is 15.1 Å². The lowest BCUT2D eigenvalue weighted by atomic mass is 10.1. The molecule has 0 bridgehead atoms.